The van der Waals surface area contributed by atoms with Gasteiger partial charge in [-0.05, 0) is 73.9 Å². The van der Waals surface area contributed by atoms with Gasteiger partial charge in [0.1, 0.15) is 5.75 Å². The summed E-state index contributed by atoms with van der Waals surface area (Å²) in [5.74, 6) is 0.510. The minimum atomic E-state index is -0.158. The highest BCUT2D eigenvalue weighted by molar-refractivity contribution is 5.95. The van der Waals surface area contributed by atoms with Gasteiger partial charge in [-0.1, -0.05) is 30.3 Å². The van der Waals surface area contributed by atoms with E-state index in [0.29, 0.717) is 24.4 Å². The van der Waals surface area contributed by atoms with Crippen molar-refractivity contribution < 1.29 is 14.3 Å². The molecular weight excluding hydrogens is 402 g/mol. The van der Waals surface area contributed by atoms with E-state index < -0.39 is 0 Å². The van der Waals surface area contributed by atoms with E-state index in [1.807, 2.05) is 49.4 Å². The number of carbonyl (C=O) groups is 2. The van der Waals surface area contributed by atoms with Gasteiger partial charge in [-0.2, -0.15) is 0 Å². The summed E-state index contributed by atoms with van der Waals surface area (Å²) in [6.07, 6.45) is 1.93. The zero-order valence-corrected chi connectivity index (χ0v) is 18.3. The summed E-state index contributed by atoms with van der Waals surface area (Å²) in [5, 5.41) is 8.66. The Bertz CT molecular complexity index is 987. The third-order valence-corrected chi connectivity index (χ3v) is 4.80. The van der Waals surface area contributed by atoms with E-state index >= 15 is 0 Å². The number of amides is 2. The predicted molar refractivity (Wildman–Crippen MR) is 128 cm³/mol. The van der Waals surface area contributed by atoms with Crippen LogP contribution in [0, 0.1) is 0 Å². The standard InChI is InChI=1S/C26H29N3O3/c1-2-27-26(31)21-10-12-22(13-11-21)28-19-25(30)29-23-14-16-24(17-15-23)32-18-6-9-20-7-4-3-5-8-20/h3-5,7-8,10-17,28H,2,6,9,18-19H2,1H3,(H,27,31)(H,29,30). The van der Waals surface area contributed by atoms with Crippen LogP contribution < -0.4 is 20.7 Å². The first-order valence-corrected chi connectivity index (χ1v) is 10.8. The lowest BCUT2D eigenvalue weighted by atomic mass is 10.1. The molecule has 0 spiro atoms. The van der Waals surface area contributed by atoms with Crippen molar-refractivity contribution in [1.29, 1.82) is 0 Å². The average molecular weight is 432 g/mol. The van der Waals surface area contributed by atoms with Gasteiger partial charge in [0.05, 0.1) is 13.2 Å². The van der Waals surface area contributed by atoms with Gasteiger partial charge >= 0.3 is 0 Å². The van der Waals surface area contributed by atoms with Crippen molar-refractivity contribution in [3.8, 4) is 5.75 Å². The number of benzene rings is 3. The number of hydrogen-bond acceptors (Lipinski definition) is 4. The summed E-state index contributed by atoms with van der Waals surface area (Å²) in [4.78, 5) is 24.0. The van der Waals surface area contributed by atoms with Crippen LogP contribution in [0.15, 0.2) is 78.9 Å². The van der Waals surface area contributed by atoms with Crippen LogP contribution in [0.4, 0.5) is 11.4 Å². The van der Waals surface area contributed by atoms with Crippen molar-refractivity contribution in [2.75, 3.05) is 30.3 Å². The van der Waals surface area contributed by atoms with Crippen molar-refractivity contribution in [3.63, 3.8) is 0 Å². The lowest BCUT2D eigenvalue weighted by Gasteiger charge is -2.10. The fourth-order valence-corrected chi connectivity index (χ4v) is 3.14. The fraction of sp³-hybridized carbons (Fsp3) is 0.231. The fourth-order valence-electron chi connectivity index (χ4n) is 3.14. The molecule has 6 heteroatoms. The molecule has 3 aromatic carbocycles. The molecule has 3 aromatic rings. The third kappa shape index (κ3) is 7.47. The first-order chi connectivity index (χ1) is 15.6. The number of ether oxygens (including phenoxy) is 1. The highest BCUT2D eigenvalue weighted by Gasteiger charge is 2.06. The second kappa shape index (κ2) is 12.2. The minimum Gasteiger partial charge on any atom is -0.494 e. The molecule has 0 fully saturated rings. The number of carbonyl (C=O) groups excluding carboxylic acids is 2. The van der Waals surface area contributed by atoms with Gasteiger partial charge in [0.25, 0.3) is 5.91 Å². The lowest BCUT2D eigenvalue weighted by molar-refractivity contribution is -0.114. The molecule has 0 aliphatic heterocycles. The summed E-state index contributed by atoms with van der Waals surface area (Å²) in [5.41, 5.74) is 3.37. The minimum absolute atomic E-state index is 0.111. The van der Waals surface area contributed by atoms with Crippen LogP contribution in [0.3, 0.4) is 0 Å². The average Bonchev–Trinajstić information content (AvgIpc) is 2.83. The van der Waals surface area contributed by atoms with E-state index in [-0.39, 0.29) is 18.4 Å². The van der Waals surface area contributed by atoms with Crippen LogP contribution in [-0.4, -0.2) is 31.5 Å². The number of anilines is 2. The number of hydrogen-bond donors (Lipinski definition) is 3. The highest BCUT2D eigenvalue weighted by Crippen LogP contribution is 2.16. The highest BCUT2D eigenvalue weighted by atomic mass is 16.5. The van der Waals surface area contributed by atoms with Gasteiger partial charge in [0.2, 0.25) is 5.91 Å². The molecule has 0 heterocycles. The van der Waals surface area contributed by atoms with Crippen molar-refractivity contribution in [2.24, 2.45) is 0 Å². The van der Waals surface area contributed by atoms with Crippen LogP contribution in [0.2, 0.25) is 0 Å². The van der Waals surface area contributed by atoms with Gasteiger partial charge in [-0.3, -0.25) is 9.59 Å². The molecule has 0 aliphatic rings. The maximum Gasteiger partial charge on any atom is 0.251 e. The van der Waals surface area contributed by atoms with Crippen molar-refractivity contribution in [2.45, 2.75) is 19.8 Å². The SMILES string of the molecule is CCNC(=O)c1ccc(NCC(=O)Nc2ccc(OCCCc3ccccc3)cc2)cc1. The molecule has 166 valence electrons. The summed E-state index contributed by atoms with van der Waals surface area (Å²) in [7, 11) is 0. The van der Waals surface area contributed by atoms with Gasteiger partial charge in [0.15, 0.2) is 0 Å². The molecule has 0 saturated heterocycles. The Morgan fingerprint density at radius 3 is 2.22 bits per heavy atom. The van der Waals surface area contributed by atoms with Crippen molar-refractivity contribution in [1.82, 2.24) is 5.32 Å². The molecule has 0 aromatic heterocycles. The first kappa shape index (κ1) is 22.9. The third-order valence-electron chi connectivity index (χ3n) is 4.80. The lowest BCUT2D eigenvalue weighted by Crippen LogP contribution is -2.23. The van der Waals surface area contributed by atoms with E-state index in [4.69, 9.17) is 4.74 Å². The molecule has 0 unspecified atom stereocenters. The Morgan fingerprint density at radius 1 is 0.844 bits per heavy atom. The first-order valence-electron chi connectivity index (χ1n) is 10.8. The van der Waals surface area contributed by atoms with E-state index in [9.17, 15) is 9.59 Å². The summed E-state index contributed by atoms with van der Waals surface area (Å²) < 4.78 is 5.78. The number of nitrogens with one attached hydrogen (secondary N) is 3. The van der Waals surface area contributed by atoms with Crippen LogP contribution in [0.1, 0.15) is 29.3 Å². The maximum absolute atomic E-state index is 12.2. The maximum atomic E-state index is 12.2. The molecule has 32 heavy (non-hydrogen) atoms. The molecule has 0 bridgehead atoms. The summed E-state index contributed by atoms with van der Waals surface area (Å²) in [6, 6.07) is 24.7. The second-order valence-corrected chi connectivity index (χ2v) is 7.30. The molecule has 6 nitrogen and oxygen atoms in total. The molecule has 0 radical (unpaired) electrons. The predicted octanol–water partition coefficient (Wildman–Crippen LogP) is 4.50. The topological polar surface area (TPSA) is 79.5 Å². The van der Waals surface area contributed by atoms with Crippen LogP contribution in [0.5, 0.6) is 5.75 Å². The van der Waals surface area contributed by atoms with Crippen molar-refractivity contribution >= 4 is 23.2 Å². The quantitative estimate of drug-likeness (QED) is 0.391. The summed E-state index contributed by atoms with van der Waals surface area (Å²) >= 11 is 0. The van der Waals surface area contributed by atoms with Crippen LogP contribution in [-0.2, 0) is 11.2 Å². The van der Waals surface area contributed by atoms with Gasteiger partial charge in [0, 0.05) is 23.5 Å². The Hall–Kier alpha value is -3.80. The Morgan fingerprint density at radius 2 is 1.53 bits per heavy atom. The Balaban J connectivity index is 1.37. The van der Waals surface area contributed by atoms with Gasteiger partial charge < -0.3 is 20.7 Å². The van der Waals surface area contributed by atoms with Crippen molar-refractivity contribution in [3.05, 3.63) is 90.0 Å². The zero-order valence-electron chi connectivity index (χ0n) is 18.3. The Kier molecular flexibility index (Phi) is 8.69. The van der Waals surface area contributed by atoms with Crippen LogP contribution >= 0.6 is 0 Å². The number of rotatable bonds is 11. The van der Waals surface area contributed by atoms with E-state index in [2.05, 4.69) is 28.1 Å². The second-order valence-electron chi connectivity index (χ2n) is 7.30. The molecule has 0 aliphatic carbocycles. The normalized spacial score (nSPS) is 10.3. The van der Waals surface area contributed by atoms with Gasteiger partial charge in [-0.15, -0.1) is 0 Å². The van der Waals surface area contributed by atoms with Crippen LogP contribution in [0.25, 0.3) is 0 Å². The molecule has 3 N–H and O–H groups in total. The largest absolute Gasteiger partial charge is 0.494 e. The smallest absolute Gasteiger partial charge is 0.251 e. The number of aryl methyl sites for hydroxylation is 1. The molecule has 0 saturated carbocycles. The molecule has 3 rings (SSSR count). The van der Waals surface area contributed by atoms with E-state index in [1.54, 1.807) is 24.3 Å². The molecular formula is C26H29N3O3. The Labute approximate surface area is 189 Å². The summed E-state index contributed by atoms with van der Waals surface area (Å²) in [6.45, 7) is 3.22. The van der Waals surface area contributed by atoms with E-state index in [0.717, 1.165) is 24.3 Å². The zero-order chi connectivity index (χ0) is 22.6. The monoisotopic (exact) mass is 431 g/mol. The molecule has 2 amide bonds. The van der Waals surface area contributed by atoms with E-state index in [1.165, 1.54) is 5.56 Å². The van der Waals surface area contributed by atoms with Gasteiger partial charge in [-0.25, -0.2) is 0 Å². The molecule has 0 atom stereocenters.